The normalized spacial score (nSPS) is 14.6. The fourth-order valence-corrected chi connectivity index (χ4v) is 2.13. The van der Waals surface area contributed by atoms with E-state index in [9.17, 15) is 0 Å². The molecule has 0 aliphatic heterocycles. The molecule has 0 atom stereocenters. The molecule has 1 fully saturated rings. The molecule has 7 heteroatoms. The van der Waals surface area contributed by atoms with Gasteiger partial charge in [-0.3, -0.25) is 5.10 Å². The summed E-state index contributed by atoms with van der Waals surface area (Å²) in [4.78, 5) is 9.03. The van der Waals surface area contributed by atoms with Gasteiger partial charge in [0.25, 0.3) is 0 Å². The van der Waals surface area contributed by atoms with Crippen LogP contribution in [-0.2, 0) is 6.54 Å². The van der Waals surface area contributed by atoms with E-state index in [0.29, 0.717) is 18.4 Å². The molecule has 1 aliphatic carbocycles. The van der Waals surface area contributed by atoms with Gasteiger partial charge in [-0.15, -0.1) is 0 Å². The Kier molecular flexibility index (Phi) is 4.75. The molecule has 0 spiro atoms. The summed E-state index contributed by atoms with van der Waals surface area (Å²) in [5.41, 5.74) is 0.945. The third kappa shape index (κ3) is 4.21. The molecule has 23 heavy (non-hydrogen) atoms. The molecule has 1 heterocycles. The quantitative estimate of drug-likeness (QED) is 0.558. The summed E-state index contributed by atoms with van der Waals surface area (Å²) in [6.45, 7) is 3.36. The van der Waals surface area contributed by atoms with Crippen molar-refractivity contribution in [1.82, 2.24) is 25.8 Å². The van der Waals surface area contributed by atoms with Crippen LogP contribution in [0.4, 0.5) is 0 Å². The minimum absolute atomic E-state index is 0.464. The van der Waals surface area contributed by atoms with Gasteiger partial charge in [0, 0.05) is 18.2 Å². The number of guanidine groups is 1. The summed E-state index contributed by atoms with van der Waals surface area (Å²) in [6.07, 6.45) is 2.43. The molecule has 7 nitrogen and oxygen atoms in total. The lowest BCUT2D eigenvalue weighted by molar-refractivity contribution is 0.415. The van der Waals surface area contributed by atoms with Crippen LogP contribution in [0.15, 0.2) is 29.3 Å². The highest BCUT2D eigenvalue weighted by atomic mass is 16.5. The Balaban J connectivity index is 1.65. The monoisotopic (exact) mass is 314 g/mol. The molecule has 1 aliphatic rings. The lowest BCUT2D eigenvalue weighted by Crippen LogP contribution is -2.38. The molecule has 1 saturated carbocycles. The van der Waals surface area contributed by atoms with Gasteiger partial charge in [-0.05, 0) is 44.0 Å². The van der Waals surface area contributed by atoms with Gasteiger partial charge < -0.3 is 15.4 Å². The van der Waals surface area contributed by atoms with Crippen molar-refractivity contribution in [2.24, 2.45) is 4.99 Å². The highest BCUT2D eigenvalue weighted by Gasteiger charge is 2.22. The van der Waals surface area contributed by atoms with Crippen LogP contribution in [-0.4, -0.2) is 40.8 Å². The van der Waals surface area contributed by atoms with E-state index in [4.69, 9.17) is 4.74 Å². The number of aromatic amines is 1. The first-order valence-corrected chi connectivity index (χ1v) is 7.89. The second kappa shape index (κ2) is 7.13. The van der Waals surface area contributed by atoms with Gasteiger partial charge in [-0.25, -0.2) is 9.98 Å². The van der Waals surface area contributed by atoms with Gasteiger partial charge in [0.2, 0.25) is 0 Å². The number of nitrogens with one attached hydrogen (secondary N) is 3. The van der Waals surface area contributed by atoms with Gasteiger partial charge in [-0.2, -0.15) is 5.10 Å². The number of rotatable bonds is 6. The zero-order valence-corrected chi connectivity index (χ0v) is 13.5. The zero-order valence-electron chi connectivity index (χ0n) is 13.5. The number of methoxy groups -OCH3 is 1. The summed E-state index contributed by atoms with van der Waals surface area (Å²) < 4.78 is 5.15. The van der Waals surface area contributed by atoms with Crippen LogP contribution in [0.5, 0.6) is 5.75 Å². The third-order valence-corrected chi connectivity index (χ3v) is 3.53. The number of aliphatic imine (C=N–C) groups is 1. The van der Waals surface area contributed by atoms with Crippen molar-refractivity contribution in [1.29, 1.82) is 0 Å². The molecular formula is C16H22N6O. The number of benzene rings is 1. The molecule has 0 amide bonds. The number of H-pyrrole nitrogens is 1. The number of hydrogen-bond donors (Lipinski definition) is 3. The molecule has 1 aromatic carbocycles. The Labute approximate surface area is 135 Å². The Hall–Kier alpha value is -2.57. The Morgan fingerprint density at radius 3 is 2.78 bits per heavy atom. The van der Waals surface area contributed by atoms with Crippen LogP contribution in [0.3, 0.4) is 0 Å². The van der Waals surface area contributed by atoms with Crippen molar-refractivity contribution in [2.75, 3.05) is 13.7 Å². The zero-order chi connectivity index (χ0) is 16.1. The van der Waals surface area contributed by atoms with Crippen molar-refractivity contribution in [3.63, 3.8) is 0 Å². The minimum Gasteiger partial charge on any atom is -0.497 e. The largest absolute Gasteiger partial charge is 0.497 e. The maximum Gasteiger partial charge on any atom is 0.191 e. The maximum atomic E-state index is 5.15. The molecule has 0 saturated heterocycles. The van der Waals surface area contributed by atoms with E-state index in [0.717, 1.165) is 29.6 Å². The second-order valence-corrected chi connectivity index (χ2v) is 5.45. The van der Waals surface area contributed by atoms with Crippen molar-refractivity contribution in [3.8, 4) is 17.1 Å². The maximum absolute atomic E-state index is 5.15. The van der Waals surface area contributed by atoms with Gasteiger partial charge in [-0.1, -0.05) is 0 Å². The highest BCUT2D eigenvalue weighted by molar-refractivity contribution is 5.80. The molecule has 3 N–H and O–H groups in total. The minimum atomic E-state index is 0.464. The average Bonchev–Trinajstić information content (AvgIpc) is 3.27. The van der Waals surface area contributed by atoms with Gasteiger partial charge in [0.05, 0.1) is 7.11 Å². The van der Waals surface area contributed by atoms with E-state index in [1.165, 1.54) is 12.8 Å². The van der Waals surface area contributed by atoms with Crippen LogP contribution in [0.25, 0.3) is 11.4 Å². The molecule has 2 aromatic rings. The number of aromatic nitrogens is 3. The number of hydrogen-bond acceptors (Lipinski definition) is 4. The first-order chi connectivity index (χ1) is 11.3. The van der Waals surface area contributed by atoms with Gasteiger partial charge in [0.15, 0.2) is 11.8 Å². The smallest absolute Gasteiger partial charge is 0.191 e. The fourth-order valence-electron chi connectivity index (χ4n) is 2.13. The number of nitrogens with zero attached hydrogens (tertiary/aromatic N) is 3. The molecule has 0 radical (unpaired) electrons. The summed E-state index contributed by atoms with van der Waals surface area (Å²) in [5.74, 6) is 3.05. The van der Waals surface area contributed by atoms with E-state index in [1.807, 2.05) is 24.3 Å². The second-order valence-electron chi connectivity index (χ2n) is 5.45. The van der Waals surface area contributed by atoms with Gasteiger partial charge >= 0.3 is 0 Å². The van der Waals surface area contributed by atoms with Crippen molar-refractivity contribution in [3.05, 3.63) is 30.1 Å². The molecule has 0 bridgehead atoms. The summed E-state index contributed by atoms with van der Waals surface area (Å²) in [5, 5.41) is 13.8. The molecular weight excluding hydrogens is 292 g/mol. The Morgan fingerprint density at radius 2 is 2.13 bits per heavy atom. The van der Waals surface area contributed by atoms with Crippen LogP contribution < -0.4 is 15.4 Å². The SMILES string of the molecule is CCNC(=NCc1nc(-c2ccc(OC)cc2)n[nH]1)NC1CC1. The van der Waals surface area contributed by atoms with Gasteiger partial charge in [0.1, 0.15) is 18.1 Å². The van der Waals surface area contributed by atoms with E-state index < -0.39 is 0 Å². The molecule has 122 valence electrons. The van der Waals surface area contributed by atoms with Crippen LogP contribution in [0, 0.1) is 0 Å². The van der Waals surface area contributed by atoms with Crippen molar-refractivity contribution < 1.29 is 4.74 Å². The highest BCUT2D eigenvalue weighted by Crippen LogP contribution is 2.19. The predicted molar refractivity (Wildman–Crippen MR) is 89.3 cm³/mol. The van der Waals surface area contributed by atoms with Crippen molar-refractivity contribution >= 4 is 5.96 Å². The summed E-state index contributed by atoms with van der Waals surface area (Å²) in [7, 11) is 1.65. The first-order valence-electron chi connectivity index (χ1n) is 7.89. The first kappa shape index (κ1) is 15.3. The van der Waals surface area contributed by atoms with Crippen LogP contribution >= 0.6 is 0 Å². The van der Waals surface area contributed by atoms with E-state index in [-0.39, 0.29) is 0 Å². The van der Waals surface area contributed by atoms with E-state index in [2.05, 4.69) is 37.7 Å². The average molecular weight is 314 g/mol. The van der Waals surface area contributed by atoms with Crippen LogP contribution in [0.1, 0.15) is 25.6 Å². The fraction of sp³-hybridized carbons (Fsp3) is 0.438. The van der Waals surface area contributed by atoms with E-state index in [1.54, 1.807) is 7.11 Å². The topological polar surface area (TPSA) is 87.2 Å². The van der Waals surface area contributed by atoms with Crippen molar-refractivity contribution in [2.45, 2.75) is 32.4 Å². The van der Waals surface area contributed by atoms with Crippen LogP contribution in [0.2, 0.25) is 0 Å². The standard InChI is InChI=1S/C16H22N6O/c1-3-17-16(19-12-6-7-12)18-10-14-20-15(22-21-14)11-4-8-13(23-2)9-5-11/h4-5,8-9,12H,3,6-7,10H2,1-2H3,(H2,17,18,19)(H,20,21,22). The molecule has 1 aromatic heterocycles. The molecule has 0 unspecified atom stereocenters. The lowest BCUT2D eigenvalue weighted by Gasteiger charge is -2.09. The van der Waals surface area contributed by atoms with E-state index >= 15 is 0 Å². The summed E-state index contributed by atoms with van der Waals surface area (Å²) in [6, 6.07) is 8.23. The number of ether oxygens (including phenoxy) is 1. The third-order valence-electron chi connectivity index (χ3n) is 3.53. The Bertz CT molecular complexity index is 659. The lowest BCUT2D eigenvalue weighted by atomic mass is 10.2. The Morgan fingerprint density at radius 1 is 1.35 bits per heavy atom. The predicted octanol–water partition coefficient (Wildman–Crippen LogP) is 1.70. The summed E-state index contributed by atoms with van der Waals surface area (Å²) >= 11 is 0. The molecule has 3 rings (SSSR count).